The number of carboxylic acids is 1. The number of aliphatic carboxylic acids is 1. The van der Waals surface area contributed by atoms with E-state index >= 15 is 0 Å². The van der Waals surface area contributed by atoms with Gasteiger partial charge in [0.1, 0.15) is 5.75 Å². The number of rotatable bonds is 5. The number of carbonyl (C=O) groups is 1. The first-order valence-electron chi connectivity index (χ1n) is 5.00. The van der Waals surface area contributed by atoms with Crippen LogP contribution in [-0.4, -0.2) is 24.7 Å². The molecule has 1 aromatic rings. The Morgan fingerprint density at radius 1 is 1.59 bits per heavy atom. The van der Waals surface area contributed by atoms with Crippen molar-refractivity contribution in [3.8, 4) is 5.75 Å². The average Bonchev–Trinajstić information content (AvgIpc) is 2.27. The molecule has 0 fully saturated rings. The van der Waals surface area contributed by atoms with Crippen molar-refractivity contribution in [1.82, 2.24) is 0 Å². The molecule has 0 heterocycles. The Labute approximate surface area is 105 Å². The first kappa shape index (κ1) is 13.4. The van der Waals surface area contributed by atoms with Gasteiger partial charge in [0.2, 0.25) is 0 Å². The standard InChI is InChI=1S/C12H14ClNO3/c1-8(5-12(15)16)7-14-9-3-4-10(13)11(6-9)17-2/h3-6,14H,7H2,1-2H3,(H,15,16)/b8-5+. The zero-order valence-electron chi connectivity index (χ0n) is 9.66. The number of halogens is 1. The van der Waals surface area contributed by atoms with Gasteiger partial charge in [0.05, 0.1) is 12.1 Å². The van der Waals surface area contributed by atoms with Gasteiger partial charge in [0.25, 0.3) is 0 Å². The third-order valence-corrected chi connectivity index (χ3v) is 2.40. The largest absolute Gasteiger partial charge is 0.495 e. The summed E-state index contributed by atoms with van der Waals surface area (Å²) in [4.78, 5) is 10.4. The Kier molecular flexibility index (Phi) is 4.84. The number of ether oxygens (including phenoxy) is 1. The van der Waals surface area contributed by atoms with Crippen molar-refractivity contribution in [1.29, 1.82) is 0 Å². The summed E-state index contributed by atoms with van der Waals surface area (Å²) in [6.07, 6.45) is 1.17. The van der Waals surface area contributed by atoms with Crippen molar-refractivity contribution in [3.05, 3.63) is 34.9 Å². The highest BCUT2D eigenvalue weighted by molar-refractivity contribution is 6.32. The molecule has 0 spiro atoms. The van der Waals surface area contributed by atoms with Crippen LogP contribution in [0.1, 0.15) is 6.92 Å². The second-order valence-electron chi connectivity index (χ2n) is 3.53. The van der Waals surface area contributed by atoms with Gasteiger partial charge in [0.15, 0.2) is 0 Å². The van der Waals surface area contributed by atoms with Gasteiger partial charge in [-0.25, -0.2) is 4.79 Å². The first-order valence-corrected chi connectivity index (χ1v) is 5.38. The highest BCUT2D eigenvalue weighted by Crippen LogP contribution is 2.27. The Morgan fingerprint density at radius 3 is 2.88 bits per heavy atom. The van der Waals surface area contributed by atoms with Crippen LogP contribution >= 0.6 is 11.6 Å². The van der Waals surface area contributed by atoms with E-state index in [4.69, 9.17) is 21.4 Å². The quantitative estimate of drug-likeness (QED) is 0.795. The van der Waals surface area contributed by atoms with Crippen molar-refractivity contribution in [2.45, 2.75) is 6.92 Å². The highest BCUT2D eigenvalue weighted by atomic mass is 35.5. The molecule has 0 saturated heterocycles. The number of benzene rings is 1. The molecule has 0 aliphatic rings. The third kappa shape index (κ3) is 4.36. The van der Waals surface area contributed by atoms with E-state index in [1.807, 2.05) is 0 Å². The van der Waals surface area contributed by atoms with E-state index in [-0.39, 0.29) is 0 Å². The lowest BCUT2D eigenvalue weighted by molar-refractivity contribution is -0.131. The molecule has 0 aliphatic carbocycles. The van der Waals surface area contributed by atoms with E-state index in [9.17, 15) is 4.79 Å². The van der Waals surface area contributed by atoms with Gasteiger partial charge in [0, 0.05) is 24.4 Å². The van der Waals surface area contributed by atoms with Crippen LogP contribution < -0.4 is 10.1 Å². The molecule has 0 saturated carbocycles. The molecule has 0 bridgehead atoms. The maximum atomic E-state index is 10.4. The zero-order chi connectivity index (χ0) is 12.8. The van der Waals surface area contributed by atoms with Crippen LogP contribution in [0, 0.1) is 0 Å². The van der Waals surface area contributed by atoms with Gasteiger partial charge in [-0.3, -0.25) is 0 Å². The SMILES string of the molecule is COc1cc(NC/C(C)=C/C(=O)O)ccc1Cl. The van der Waals surface area contributed by atoms with Crippen LogP contribution in [0.2, 0.25) is 5.02 Å². The van der Waals surface area contributed by atoms with Crippen LogP contribution in [0.5, 0.6) is 5.75 Å². The summed E-state index contributed by atoms with van der Waals surface area (Å²) in [6.45, 7) is 2.20. The van der Waals surface area contributed by atoms with Crippen molar-refractivity contribution < 1.29 is 14.6 Å². The van der Waals surface area contributed by atoms with E-state index in [1.54, 1.807) is 32.2 Å². The van der Waals surface area contributed by atoms with Gasteiger partial charge in [-0.1, -0.05) is 11.6 Å². The number of hydrogen-bond acceptors (Lipinski definition) is 3. The Balaban J connectivity index is 2.67. The van der Waals surface area contributed by atoms with Crippen molar-refractivity contribution in [3.63, 3.8) is 0 Å². The van der Waals surface area contributed by atoms with Crippen molar-refractivity contribution >= 4 is 23.3 Å². The second kappa shape index (κ2) is 6.15. The second-order valence-corrected chi connectivity index (χ2v) is 3.94. The van der Waals surface area contributed by atoms with Crippen LogP contribution in [0.15, 0.2) is 29.8 Å². The summed E-state index contributed by atoms with van der Waals surface area (Å²) in [5.74, 6) is -0.366. The molecule has 92 valence electrons. The Bertz CT molecular complexity index is 443. The van der Waals surface area contributed by atoms with E-state index in [0.717, 1.165) is 11.3 Å². The van der Waals surface area contributed by atoms with Crippen LogP contribution in [0.3, 0.4) is 0 Å². The van der Waals surface area contributed by atoms with Crippen LogP contribution in [0.25, 0.3) is 0 Å². The van der Waals surface area contributed by atoms with Gasteiger partial charge in [-0.2, -0.15) is 0 Å². The van der Waals surface area contributed by atoms with E-state index in [2.05, 4.69) is 5.32 Å². The van der Waals surface area contributed by atoms with Gasteiger partial charge < -0.3 is 15.2 Å². The summed E-state index contributed by atoms with van der Waals surface area (Å²) < 4.78 is 5.08. The molecule has 0 radical (unpaired) electrons. The van der Waals surface area contributed by atoms with Gasteiger partial charge >= 0.3 is 5.97 Å². The van der Waals surface area contributed by atoms with Crippen LogP contribution in [0.4, 0.5) is 5.69 Å². The van der Waals surface area contributed by atoms with E-state index in [0.29, 0.717) is 17.3 Å². The highest BCUT2D eigenvalue weighted by Gasteiger charge is 2.02. The average molecular weight is 256 g/mol. The number of nitrogens with one attached hydrogen (secondary N) is 1. The molecule has 0 amide bonds. The van der Waals surface area contributed by atoms with E-state index < -0.39 is 5.97 Å². The first-order chi connectivity index (χ1) is 8.02. The third-order valence-electron chi connectivity index (χ3n) is 2.09. The van der Waals surface area contributed by atoms with E-state index in [1.165, 1.54) is 6.08 Å². The summed E-state index contributed by atoms with van der Waals surface area (Å²) in [7, 11) is 1.54. The maximum Gasteiger partial charge on any atom is 0.328 e. The molecule has 0 aromatic heterocycles. The van der Waals surface area contributed by atoms with Crippen LogP contribution in [-0.2, 0) is 4.79 Å². The molecule has 0 unspecified atom stereocenters. The molecule has 17 heavy (non-hydrogen) atoms. The number of hydrogen-bond donors (Lipinski definition) is 2. The lowest BCUT2D eigenvalue weighted by atomic mass is 10.2. The summed E-state index contributed by atoms with van der Waals surface area (Å²) in [5, 5.41) is 12.2. The fraction of sp³-hybridized carbons (Fsp3) is 0.250. The lowest BCUT2D eigenvalue weighted by Crippen LogP contribution is -2.04. The monoisotopic (exact) mass is 255 g/mol. The normalized spacial score (nSPS) is 11.1. The van der Waals surface area contributed by atoms with Gasteiger partial charge in [-0.05, 0) is 24.6 Å². The Morgan fingerprint density at radius 2 is 2.29 bits per heavy atom. The molecular formula is C12H14ClNO3. The summed E-state index contributed by atoms with van der Waals surface area (Å²) >= 11 is 5.89. The molecule has 4 nitrogen and oxygen atoms in total. The van der Waals surface area contributed by atoms with Gasteiger partial charge in [-0.15, -0.1) is 0 Å². The smallest absolute Gasteiger partial charge is 0.328 e. The minimum atomic E-state index is -0.946. The molecule has 1 rings (SSSR count). The number of carboxylic acid groups (broad SMARTS) is 1. The Hall–Kier alpha value is -1.68. The topological polar surface area (TPSA) is 58.6 Å². The summed E-state index contributed by atoms with van der Waals surface area (Å²) in [6, 6.07) is 5.29. The fourth-order valence-corrected chi connectivity index (χ4v) is 1.47. The van der Waals surface area contributed by atoms with Crippen molar-refractivity contribution in [2.75, 3.05) is 19.0 Å². The number of methoxy groups -OCH3 is 1. The lowest BCUT2D eigenvalue weighted by Gasteiger charge is -2.09. The van der Waals surface area contributed by atoms with Crippen molar-refractivity contribution in [2.24, 2.45) is 0 Å². The zero-order valence-corrected chi connectivity index (χ0v) is 10.4. The summed E-state index contributed by atoms with van der Waals surface area (Å²) in [5.41, 5.74) is 1.55. The molecule has 5 heteroatoms. The fourth-order valence-electron chi connectivity index (χ4n) is 1.27. The molecular weight excluding hydrogens is 242 g/mol. The molecule has 1 aromatic carbocycles. The predicted octanol–water partition coefficient (Wildman–Crippen LogP) is 2.79. The predicted molar refractivity (Wildman–Crippen MR) is 67.9 cm³/mol. The molecule has 2 N–H and O–H groups in total. The maximum absolute atomic E-state index is 10.4. The molecule has 0 aliphatic heterocycles. The molecule has 0 atom stereocenters. The minimum absolute atomic E-state index is 0.455. The minimum Gasteiger partial charge on any atom is -0.495 e. The number of anilines is 1.